The Bertz CT molecular complexity index is 740. The van der Waals surface area contributed by atoms with Gasteiger partial charge in [0.2, 0.25) is 0 Å². The van der Waals surface area contributed by atoms with E-state index < -0.39 is 0 Å². The molecule has 0 fully saturated rings. The molecule has 2 heterocycles. The van der Waals surface area contributed by atoms with Crippen molar-refractivity contribution in [2.45, 2.75) is 47.2 Å². The van der Waals surface area contributed by atoms with Crippen molar-refractivity contribution in [3.63, 3.8) is 0 Å². The summed E-state index contributed by atoms with van der Waals surface area (Å²) in [6.07, 6.45) is 0. The summed E-state index contributed by atoms with van der Waals surface area (Å²) in [5.41, 5.74) is 2.61. The average Bonchev–Trinajstić information content (AvgIpc) is 3.00. The van der Waals surface area contributed by atoms with Crippen molar-refractivity contribution in [3.05, 3.63) is 46.2 Å². The molecule has 0 bridgehead atoms. The van der Waals surface area contributed by atoms with Crippen LogP contribution in [0, 0.1) is 20.8 Å². The van der Waals surface area contributed by atoms with Crippen LogP contribution in [0.5, 0.6) is 0 Å². The topological polar surface area (TPSA) is 66.3 Å². The Balaban J connectivity index is 2.19. The minimum atomic E-state index is -0.322. The van der Waals surface area contributed by atoms with Gasteiger partial charge in [-0.25, -0.2) is 0 Å². The monoisotopic (exact) mass is 316 g/mol. The molecule has 1 N–H and O–H groups in total. The molecule has 2 rings (SSSR count). The number of furan rings is 1. The van der Waals surface area contributed by atoms with Crippen LogP contribution >= 0.6 is 0 Å². The van der Waals surface area contributed by atoms with E-state index in [1.165, 1.54) is 6.92 Å². The van der Waals surface area contributed by atoms with Gasteiger partial charge in [0.05, 0.1) is 18.3 Å². The number of carbonyl (C=O) groups excluding carboxylic acids is 2. The maximum Gasteiger partial charge on any atom is 0.196 e. The van der Waals surface area contributed by atoms with Gasteiger partial charge in [-0.1, -0.05) is 0 Å². The molecule has 1 atom stereocenters. The van der Waals surface area contributed by atoms with E-state index in [4.69, 9.17) is 4.42 Å². The van der Waals surface area contributed by atoms with E-state index in [1.807, 2.05) is 51.8 Å². The molecule has 0 aromatic carbocycles. The third-order valence-electron chi connectivity index (χ3n) is 4.28. The SMILES string of the molecule is CC(=O)c1c(C)[nH]c(C(=O)[C@H](C)N(C)Cc2ccc(C)o2)c1C. The largest absolute Gasteiger partial charge is 0.465 e. The maximum atomic E-state index is 12.8. The Hall–Kier alpha value is -2.14. The van der Waals surface area contributed by atoms with Crippen molar-refractivity contribution in [1.82, 2.24) is 9.88 Å². The minimum absolute atomic E-state index is 0.0242. The zero-order valence-electron chi connectivity index (χ0n) is 14.6. The molecule has 124 valence electrons. The number of hydrogen-bond acceptors (Lipinski definition) is 4. The van der Waals surface area contributed by atoms with Gasteiger partial charge in [0.25, 0.3) is 0 Å². The van der Waals surface area contributed by atoms with Gasteiger partial charge in [0.1, 0.15) is 11.5 Å². The first-order valence-electron chi connectivity index (χ1n) is 7.72. The fourth-order valence-corrected chi connectivity index (χ4v) is 2.89. The first kappa shape index (κ1) is 17.2. The van der Waals surface area contributed by atoms with Crippen molar-refractivity contribution in [1.29, 1.82) is 0 Å². The molecular formula is C18H24N2O3. The summed E-state index contributed by atoms with van der Waals surface area (Å²) < 4.78 is 5.56. The lowest BCUT2D eigenvalue weighted by Crippen LogP contribution is -2.36. The van der Waals surface area contributed by atoms with Gasteiger partial charge in [0.15, 0.2) is 11.6 Å². The maximum absolute atomic E-state index is 12.8. The number of H-pyrrole nitrogens is 1. The number of nitrogens with zero attached hydrogens (tertiary/aromatic N) is 1. The summed E-state index contributed by atoms with van der Waals surface area (Å²) in [7, 11) is 1.89. The number of aryl methyl sites for hydroxylation is 2. The number of Topliss-reactive ketones (excluding diaryl/α,β-unsaturated/α-hetero) is 2. The number of ketones is 2. The second-order valence-electron chi connectivity index (χ2n) is 6.15. The smallest absolute Gasteiger partial charge is 0.196 e. The molecule has 0 aliphatic carbocycles. The molecule has 0 radical (unpaired) electrons. The normalized spacial score (nSPS) is 12.7. The number of carbonyl (C=O) groups is 2. The predicted octanol–water partition coefficient (Wildman–Crippen LogP) is 3.44. The highest BCUT2D eigenvalue weighted by molar-refractivity contribution is 6.05. The molecule has 0 spiro atoms. The van der Waals surface area contributed by atoms with Crippen LogP contribution in [0.2, 0.25) is 0 Å². The Morgan fingerprint density at radius 2 is 1.91 bits per heavy atom. The summed E-state index contributed by atoms with van der Waals surface area (Å²) >= 11 is 0. The quantitative estimate of drug-likeness (QED) is 0.829. The highest BCUT2D eigenvalue weighted by Crippen LogP contribution is 2.21. The fraction of sp³-hybridized carbons (Fsp3) is 0.444. The van der Waals surface area contributed by atoms with Crippen molar-refractivity contribution in [3.8, 4) is 0 Å². The average molecular weight is 316 g/mol. The molecule has 0 aliphatic rings. The van der Waals surface area contributed by atoms with Crippen LogP contribution in [-0.2, 0) is 6.54 Å². The highest BCUT2D eigenvalue weighted by Gasteiger charge is 2.26. The molecule has 0 amide bonds. The van der Waals surface area contributed by atoms with Crippen LogP contribution in [-0.4, -0.2) is 34.5 Å². The standard InChI is InChI=1S/C18H24N2O3/c1-10-7-8-15(23-10)9-20(6)13(4)18(22)17-11(2)16(14(5)21)12(3)19-17/h7-8,13,19H,9H2,1-6H3/t13-/m0/s1. The Morgan fingerprint density at radius 3 is 2.39 bits per heavy atom. The van der Waals surface area contributed by atoms with E-state index in [0.717, 1.165) is 22.8 Å². The summed E-state index contributed by atoms with van der Waals surface area (Å²) in [6, 6.07) is 3.51. The van der Waals surface area contributed by atoms with E-state index in [-0.39, 0.29) is 17.6 Å². The number of aromatic nitrogens is 1. The first-order valence-corrected chi connectivity index (χ1v) is 7.72. The van der Waals surface area contributed by atoms with Crippen molar-refractivity contribution in [2.24, 2.45) is 0 Å². The zero-order valence-corrected chi connectivity index (χ0v) is 14.6. The summed E-state index contributed by atoms with van der Waals surface area (Å²) in [4.78, 5) is 29.5. The number of nitrogens with one attached hydrogen (secondary N) is 1. The summed E-state index contributed by atoms with van der Waals surface area (Å²) in [5, 5.41) is 0. The Kier molecular flexibility index (Phi) is 4.90. The molecule has 23 heavy (non-hydrogen) atoms. The number of likely N-dealkylation sites (N-methyl/N-ethyl adjacent to an activating group) is 1. The molecular weight excluding hydrogens is 292 g/mol. The van der Waals surface area contributed by atoms with Crippen LogP contribution in [0.1, 0.15) is 57.5 Å². The van der Waals surface area contributed by atoms with E-state index in [2.05, 4.69) is 4.98 Å². The van der Waals surface area contributed by atoms with Crippen molar-refractivity contribution >= 4 is 11.6 Å². The molecule has 0 aliphatic heterocycles. The summed E-state index contributed by atoms with van der Waals surface area (Å²) in [6.45, 7) is 9.47. The van der Waals surface area contributed by atoms with Gasteiger partial charge in [-0.2, -0.15) is 0 Å². The second kappa shape index (κ2) is 6.54. The van der Waals surface area contributed by atoms with E-state index in [9.17, 15) is 9.59 Å². The fourth-order valence-electron chi connectivity index (χ4n) is 2.89. The van der Waals surface area contributed by atoms with Crippen LogP contribution in [0.4, 0.5) is 0 Å². The Labute approximate surface area is 136 Å². The Morgan fingerprint density at radius 1 is 1.26 bits per heavy atom. The van der Waals surface area contributed by atoms with E-state index in [0.29, 0.717) is 17.8 Å². The van der Waals surface area contributed by atoms with Gasteiger partial charge >= 0.3 is 0 Å². The van der Waals surface area contributed by atoms with E-state index >= 15 is 0 Å². The van der Waals surface area contributed by atoms with Crippen LogP contribution in [0.25, 0.3) is 0 Å². The van der Waals surface area contributed by atoms with Gasteiger partial charge in [-0.05, 0) is 59.4 Å². The van der Waals surface area contributed by atoms with Gasteiger partial charge in [-0.15, -0.1) is 0 Å². The minimum Gasteiger partial charge on any atom is -0.465 e. The van der Waals surface area contributed by atoms with Crippen LogP contribution in [0.15, 0.2) is 16.5 Å². The molecule has 0 saturated carbocycles. The number of rotatable bonds is 6. The van der Waals surface area contributed by atoms with Crippen molar-refractivity contribution < 1.29 is 14.0 Å². The lowest BCUT2D eigenvalue weighted by atomic mass is 10.0. The van der Waals surface area contributed by atoms with Gasteiger partial charge < -0.3 is 9.40 Å². The second-order valence-corrected chi connectivity index (χ2v) is 6.15. The van der Waals surface area contributed by atoms with Crippen LogP contribution in [0.3, 0.4) is 0 Å². The highest BCUT2D eigenvalue weighted by atomic mass is 16.3. The van der Waals surface area contributed by atoms with Crippen LogP contribution < -0.4 is 0 Å². The molecule has 2 aromatic heterocycles. The third-order valence-corrected chi connectivity index (χ3v) is 4.28. The number of hydrogen-bond donors (Lipinski definition) is 1. The summed E-state index contributed by atoms with van der Waals surface area (Å²) in [5.74, 6) is 1.63. The molecule has 5 heteroatoms. The van der Waals surface area contributed by atoms with E-state index in [1.54, 1.807) is 0 Å². The first-order chi connectivity index (χ1) is 10.7. The molecule has 0 saturated heterocycles. The lowest BCUT2D eigenvalue weighted by molar-refractivity contribution is 0.0850. The molecule has 0 unspecified atom stereocenters. The third kappa shape index (κ3) is 3.45. The lowest BCUT2D eigenvalue weighted by Gasteiger charge is -2.22. The predicted molar refractivity (Wildman–Crippen MR) is 89.0 cm³/mol. The number of aromatic amines is 1. The molecule has 5 nitrogen and oxygen atoms in total. The zero-order chi connectivity index (χ0) is 17.3. The van der Waals surface area contributed by atoms with Gasteiger partial charge in [0, 0.05) is 11.3 Å². The van der Waals surface area contributed by atoms with Crippen molar-refractivity contribution in [2.75, 3.05) is 7.05 Å². The molecule has 2 aromatic rings. The van der Waals surface area contributed by atoms with Gasteiger partial charge in [-0.3, -0.25) is 14.5 Å².